The molecule has 7 heteroatoms. The fourth-order valence-electron chi connectivity index (χ4n) is 2.31. The fraction of sp³-hybridized carbons (Fsp3) is 0.467. The lowest BCUT2D eigenvalue weighted by Gasteiger charge is -2.11. The molecule has 2 saturated heterocycles. The zero-order valence-corrected chi connectivity index (χ0v) is 12.8. The van der Waals surface area contributed by atoms with Crippen molar-refractivity contribution in [3.63, 3.8) is 0 Å². The molecule has 1 aromatic rings. The Morgan fingerprint density at radius 1 is 1.18 bits per heavy atom. The Balaban J connectivity index is 1.45. The van der Waals surface area contributed by atoms with E-state index >= 15 is 0 Å². The molecule has 2 fully saturated rings. The molecule has 6 nitrogen and oxygen atoms in total. The highest BCUT2D eigenvalue weighted by molar-refractivity contribution is 8.15. The van der Waals surface area contributed by atoms with Crippen molar-refractivity contribution in [2.75, 3.05) is 19.8 Å². The summed E-state index contributed by atoms with van der Waals surface area (Å²) in [6.45, 7) is 1.82. The molecule has 0 bridgehead atoms. The van der Waals surface area contributed by atoms with Gasteiger partial charge in [0.25, 0.3) is 5.24 Å². The maximum absolute atomic E-state index is 11.5. The number of amides is 2. The number of ether oxygens (including phenoxy) is 3. The highest BCUT2D eigenvalue weighted by atomic mass is 32.2. The molecule has 1 unspecified atom stereocenters. The number of nitrogens with one attached hydrogen (secondary N) is 1. The maximum atomic E-state index is 11.5. The van der Waals surface area contributed by atoms with Gasteiger partial charge in [-0.15, -0.1) is 0 Å². The van der Waals surface area contributed by atoms with Gasteiger partial charge in [-0.1, -0.05) is 23.9 Å². The van der Waals surface area contributed by atoms with E-state index in [9.17, 15) is 9.59 Å². The largest absolute Gasteiger partial charge is 0.493 e. The van der Waals surface area contributed by atoms with Crippen molar-refractivity contribution in [1.29, 1.82) is 0 Å². The molecule has 0 spiro atoms. The number of thioether (sulfide) groups is 1. The minimum atomic E-state index is -0.337. The van der Waals surface area contributed by atoms with E-state index in [4.69, 9.17) is 14.2 Å². The summed E-state index contributed by atoms with van der Waals surface area (Å²) in [6, 6.07) is 7.55. The monoisotopic (exact) mass is 323 g/mol. The molecule has 3 rings (SSSR count). The molecule has 2 heterocycles. The van der Waals surface area contributed by atoms with Crippen molar-refractivity contribution in [3.05, 3.63) is 29.8 Å². The molecule has 0 aromatic heterocycles. The van der Waals surface area contributed by atoms with Gasteiger partial charge in [0.15, 0.2) is 6.29 Å². The summed E-state index contributed by atoms with van der Waals surface area (Å²) in [6.07, 6.45) is 1.07. The van der Waals surface area contributed by atoms with Gasteiger partial charge in [-0.25, -0.2) is 0 Å². The molecule has 1 aromatic carbocycles. The van der Waals surface area contributed by atoms with Crippen LogP contribution in [0.1, 0.15) is 12.0 Å². The van der Waals surface area contributed by atoms with Crippen molar-refractivity contribution in [2.24, 2.45) is 0 Å². The molecule has 1 N–H and O–H groups in total. The average Bonchev–Trinajstić information content (AvgIpc) is 3.11. The van der Waals surface area contributed by atoms with Crippen LogP contribution in [-0.4, -0.2) is 42.5 Å². The van der Waals surface area contributed by atoms with E-state index in [1.165, 1.54) is 0 Å². The third-order valence-electron chi connectivity index (χ3n) is 3.42. The minimum absolute atomic E-state index is 0.158. The van der Waals surface area contributed by atoms with Gasteiger partial charge in [-0.3, -0.25) is 14.9 Å². The zero-order chi connectivity index (χ0) is 15.4. The van der Waals surface area contributed by atoms with Gasteiger partial charge in [0.1, 0.15) is 5.75 Å². The molecule has 2 aliphatic rings. The number of carbonyl (C=O) groups excluding carboxylic acids is 2. The predicted molar refractivity (Wildman–Crippen MR) is 80.9 cm³/mol. The van der Waals surface area contributed by atoms with Gasteiger partial charge in [0.05, 0.1) is 25.1 Å². The molecule has 0 aliphatic carbocycles. The highest BCUT2D eigenvalue weighted by Gasteiger charge is 2.31. The number of rotatable bonds is 6. The summed E-state index contributed by atoms with van der Waals surface area (Å²) in [5, 5.41) is 1.68. The maximum Gasteiger partial charge on any atom is 0.286 e. The van der Waals surface area contributed by atoms with Gasteiger partial charge in [0, 0.05) is 6.42 Å². The van der Waals surface area contributed by atoms with Crippen LogP contribution in [0, 0.1) is 0 Å². The first-order valence-electron chi connectivity index (χ1n) is 7.17. The highest BCUT2D eigenvalue weighted by Crippen LogP contribution is 2.24. The van der Waals surface area contributed by atoms with Gasteiger partial charge < -0.3 is 14.2 Å². The van der Waals surface area contributed by atoms with Crippen molar-refractivity contribution in [2.45, 2.75) is 24.4 Å². The molecular formula is C15H17NO5S. The van der Waals surface area contributed by atoms with E-state index in [-0.39, 0.29) is 22.7 Å². The summed E-state index contributed by atoms with van der Waals surface area (Å²) in [4.78, 5) is 22.6. The fourth-order valence-corrected chi connectivity index (χ4v) is 3.17. The smallest absolute Gasteiger partial charge is 0.286 e. The van der Waals surface area contributed by atoms with Crippen LogP contribution in [0.25, 0.3) is 0 Å². The zero-order valence-electron chi connectivity index (χ0n) is 11.9. The minimum Gasteiger partial charge on any atom is -0.493 e. The van der Waals surface area contributed by atoms with Crippen LogP contribution in [-0.2, 0) is 20.7 Å². The molecular weight excluding hydrogens is 306 g/mol. The Hall–Kier alpha value is -1.57. The van der Waals surface area contributed by atoms with Crippen LogP contribution in [0.15, 0.2) is 24.3 Å². The molecule has 1 atom stereocenters. The van der Waals surface area contributed by atoms with E-state index < -0.39 is 0 Å². The lowest BCUT2D eigenvalue weighted by Crippen LogP contribution is -2.25. The van der Waals surface area contributed by atoms with Gasteiger partial charge >= 0.3 is 0 Å². The molecule has 22 heavy (non-hydrogen) atoms. The van der Waals surface area contributed by atoms with Gasteiger partial charge in [-0.2, -0.15) is 0 Å². The molecule has 0 saturated carbocycles. The van der Waals surface area contributed by atoms with E-state index in [0.717, 1.165) is 23.1 Å². The van der Waals surface area contributed by atoms with E-state index in [0.29, 0.717) is 32.7 Å². The predicted octanol–water partition coefficient (Wildman–Crippen LogP) is 1.72. The summed E-state index contributed by atoms with van der Waals surface area (Å²) in [5.41, 5.74) is 0.997. The first kappa shape index (κ1) is 15.3. The summed E-state index contributed by atoms with van der Waals surface area (Å²) >= 11 is 1.04. The van der Waals surface area contributed by atoms with Crippen molar-refractivity contribution in [1.82, 2.24) is 5.32 Å². The van der Waals surface area contributed by atoms with Crippen LogP contribution < -0.4 is 10.1 Å². The second-order valence-corrected chi connectivity index (χ2v) is 6.22. The third kappa shape index (κ3) is 4.00. The van der Waals surface area contributed by atoms with Crippen LogP contribution in [0.5, 0.6) is 5.75 Å². The topological polar surface area (TPSA) is 73.9 Å². The lowest BCUT2D eigenvalue weighted by atomic mass is 10.1. The number of imide groups is 1. The van der Waals surface area contributed by atoms with E-state index in [1.807, 2.05) is 24.3 Å². The number of benzene rings is 1. The van der Waals surface area contributed by atoms with Crippen molar-refractivity contribution in [3.8, 4) is 5.75 Å². The van der Waals surface area contributed by atoms with E-state index in [1.54, 1.807) is 0 Å². The quantitative estimate of drug-likeness (QED) is 0.859. The Morgan fingerprint density at radius 3 is 2.55 bits per heavy atom. The first-order chi connectivity index (χ1) is 10.7. The first-order valence-corrected chi connectivity index (χ1v) is 8.05. The molecule has 2 aliphatic heterocycles. The Bertz CT molecular complexity index is 541. The summed E-state index contributed by atoms with van der Waals surface area (Å²) in [5.74, 6) is 0.549. The normalized spacial score (nSPS) is 22.1. The molecule has 0 radical (unpaired) electrons. The van der Waals surface area contributed by atoms with Crippen LogP contribution >= 0.6 is 11.8 Å². The second kappa shape index (κ2) is 7.13. The number of hydrogen-bond acceptors (Lipinski definition) is 6. The molecule has 2 amide bonds. The number of carbonyl (C=O) groups is 2. The average molecular weight is 323 g/mol. The van der Waals surface area contributed by atoms with E-state index in [2.05, 4.69) is 5.32 Å². The van der Waals surface area contributed by atoms with Crippen molar-refractivity contribution < 1.29 is 23.8 Å². The summed E-state index contributed by atoms with van der Waals surface area (Å²) in [7, 11) is 0. The molecule has 118 valence electrons. The Kier molecular flexibility index (Phi) is 4.97. The van der Waals surface area contributed by atoms with Gasteiger partial charge in [-0.05, 0) is 24.1 Å². The third-order valence-corrected chi connectivity index (χ3v) is 4.41. The van der Waals surface area contributed by atoms with Crippen molar-refractivity contribution >= 4 is 22.9 Å². The van der Waals surface area contributed by atoms with Gasteiger partial charge in [0.2, 0.25) is 5.91 Å². The summed E-state index contributed by atoms with van der Waals surface area (Å²) < 4.78 is 16.3. The standard InChI is InChI=1S/C15H17NO5S/c17-14-12(22-15(18)16-14)9-10-1-3-11(4-2-10)19-6-5-13-20-7-8-21-13/h1-4,12-13H,5-9H2,(H,16,17,18). The van der Waals surface area contributed by atoms with Crippen LogP contribution in [0.3, 0.4) is 0 Å². The second-order valence-electron chi connectivity index (χ2n) is 5.04. The van der Waals surface area contributed by atoms with Crippen LogP contribution in [0.2, 0.25) is 0 Å². The lowest BCUT2D eigenvalue weighted by molar-refractivity contribution is -0.118. The van der Waals surface area contributed by atoms with Crippen LogP contribution in [0.4, 0.5) is 4.79 Å². The Morgan fingerprint density at radius 2 is 1.91 bits per heavy atom. The SMILES string of the molecule is O=C1NC(=O)C(Cc2ccc(OCCC3OCCO3)cc2)S1. The Labute approximate surface area is 132 Å². The number of hydrogen-bond donors (Lipinski definition) is 1.